The number of nitrogens with one attached hydrogen (secondary N) is 1. The van der Waals surface area contributed by atoms with Gasteiger partial charge in [0, 0.05) is 23.6 Å². The van der Waals surface area contributed by atoms with Crippen LogP contribution >= 0.6 is 0 Å². The Balaban J connectivity index is 1.45. The van der Waals surface area contributed by atoms with Crippen LogP contribution in [0.4, 0.5) is 0 Å². The number of aromatic nitrogens is 2. The van der Waals surface area contributed by atoms with Crippen molar-refractivity contribution in [1.29, 1.82) is 0 Å². The van der Waals surface area contributed by atoms with Crippen molar-refractivity contribution in [3.8, 4) is 17.2 Å². The van der Waals surface area contributed by atoms with Crippen LogP contribution in [0.5, 0.6) is 11.5 Å². The minimum atomic E-state index is -0.308. The first-order valence-corrected chi connectivity index (χ1v) is 8.04. The molecule has 1 N–H and O–H groups in total. The van der Waals surface area contributed by atoms with E-state index in [4.69, 9.17) is 9.47 Å². The number of benzene rings is 2. The molecule has 2 aromatic carbocycles. The van der Waals surface area contributed by atoms with E-state index in [2.05, 4.69) is 15.5 Å². The molecule has 0 fully saturated rings. The largest absolute Gasteiger partial charge is 0.454 e. The Morgan fingerprint density at radius 3 is 2.65 bits per heavy atom. The molecule has 4 rings (SSSR count). The van der Waals surface area contributed by atoms with E-state index in [-0.39, 0.29) is 12.7 Å². The van der Waals surface area contributed by atoms with Gasteiger partial charge in [0.05, 0.1) is 12.0 Å². The Bertz CT molecular complexity index is 963. The van der Waals surface area contributed by atoms with Crippen molar-refractivity contribution >= 4 is 11.6 Å². The van der Waals surface area contributed by atoms with Crippen LogP contribution in [-0.2, 0) is 0 Å². The van der Waals surface area contributed by atoms with Crippen LogP contribution in [0.15, 0.2) is 66.3 Å². The molecule has 1 aliphatic heterocycles. The summed E-state index contributed by atoms with van der Waals surface area (Å²) in [6, 6.07) is 12.9. The highest BCUT2D eigenvalue weighted by molar-refractivity contribution is 6.01. The Morgan fingerprint density at radius 2 is 1.88 bits per heavy atom. The second kappa shape index (κ2) is 6.72. The zero-order valence-electron chi connectivity index (χ0n) is 14.0. The number of carbonyl (C=O) groups excluding carboxylic acids is 1. The van der Waals surface area contributed by atoms with Crippen molar-refractivity contribution in [2.45, 2.75) is 6.92 Å². The van der Waals surface area contributed by atoms with E-state index in [1.165, 1.54) is 0 Å². The number of nitrogens with zero attached hydrogens (tertiary/aromatic N) is 3. The van der Waals surface area contributed by atoms with Crippen molar-refractivity contribution in [3.05, 3.63) is 72.3 Å². The number of ether oxygens (including phenoxy) is 2. The summed E-state index contributed by atoms with van der Waals surface area (Å²) in [5, 5.41) is 4.18. The molecule has 0 atom stereocenters. The van der Waals surface area contributed by atoms with Gasteiger partial charge in [-0.15, -0.1) is 0 Å². The fourth-order valence-electron chi connectivity index (χ4n) is 2.59. The number of hydrogen-bond acceptors (Lipinski definition) is 5. The lowest BCUT2D eigenvalue weighted by molar-refractivity contribution is 0.0954. The molecule has 0 aliphatic carbocycles. The Hall–Kier alpha value is -3.61. The first kappa shape index (κ1) is 15.9. The normalized spacial score (nSPS) is 12.9. The lowest BCUT2D eigenvalue weighted by Crippen LogP contribution is -2.19. The van der Waals surface area contributed by atoms with Crippen LogP contribution in [0.25, 0.3) is 5.69 Å². The van der Waals surface area contributed by atoms with Crippen LogP contribution in [-0.4, -0.2) is 28.0 Å². The van der Waals surface area contributed by atoms with Gasteiger partial charge in [0.2, 0.25) is 6.79 Å². The molecule has 1 amide bonds. The molecule has 0 spiro atoms. The smallest absolute Gasteiger partial charge is 0.271 e. The van der Waals surface area contributed by atoms with E-state index in [1.54, 1.807) is 30.7 Å². The Labute approximate surface area is 149 Å². The lowest BCUT2D eigenvalue weighted by Gasteiger charge is -2.06. The molecule has 0 saturated heterocycles. The average Bonchev–Trinajstić information content (AvgIpc) is 3.37. The van der Waals surface area contributed by atoms with Crippen LogP contribution < -0.4 is 14.9 Å². The van der Waals surface area contributed by atoms with Gasteiger partial charge in [-0.25, -0.2) is 10.4 Å². The molecule has 7 nitrogen and oxygen atoms in total. The molecule has 26 heavy (non-hydrogen) atoms. The van der Waals surface area contributed by atoms with E-state index in [0.717, 1.165) is 11.3 Å². The maximum Gasteiger partial charge on any atom is 0.271 e. The third-order valence-corrected chi connectivity index (χ3v) is 4.05. The van der Waals surface area contributed by atoms with Gasteiger partial charge in [0.1, 0.15) is 0 Å². The third kappa shape index (κ3) is 3.14. The SMILES string of the molecule is C/C(=N\NC(=O)c1ccc2c(c1)OCO2)c1ccc(-n2ccnc2)cc1. The maximum atomic E-state index is 12.3. The molecule has 130 valence electrons. The van der Waals surface area contributed by atoms with Gasteiger partial charge < -0.3 is 14.0 Å². The second-order valence-corrected chi connectivity index (χ2v) is 5.72. The highest BCUT2D eigenvalue weighted by atomic mass is 16.7. The predicted octanol–water partition coefficient (Wildman–Crippen LogP) is 2.76. The van der Waals surface area contributed by atoms with Gasteiger partial charge >= 0.3 is 0 Å². The van der Waals surface area contributed by atoms with Crippen LogP contribution in [0.2, 0.25) is 0 Å². The topological polar surface area (TPSA) is 77.7 Å². The molecule has 3 aromatic rings. The number of hydrazone groups is 1. The molecule has 0 radical (unpaired) electrons. The molecule has 1 aromatic heterocycles. The quantitative estimate of drug-likeness (QED) is 0.581. The van der Waals surface area contributed by atoms with E-state index in [1.807, 2.05) is 42.0 Å². The molecule has 0 unspecified atom stereocenters. The summed E-state index contributed by atoms with van der Waals surface area (Å²) in [7, 11) is 0. The Morgan fingerprint density at radius 1 is 1.12 bits per heavy atom. The fraction of sp³-hybridized carbons (Fsp3) is 0.105. The number of carbonyl (C=O) groups is 1. The van der Waals surface area contributed by atoms with Crippen molar-refractivity contribution in [2.75, 3.05) is 6.79 Å². The highest BCUT2D eigenvalue weighted by Crippen LogP contribution is 2.32. The van der Waals surface area contributed by atoms with Crippen molar-refractivity contribution in [3.63, 3.8) is 0 Å². The number of hydrogen-bond donors (Lipinski definition) is 1. The zero-order chi connectivity index (χ0) is 17.9. The number of rotatable bonds is 4. The van der Waals surface area contributed by atoms with E-state index in [0.29, 0.717) is 22.8 Å². The van der Waals surface area contributed by atoms with Gasteiger partial charge in [-0.3, -0.25) is 4.79 Å². The minimum Gasteiger partial charge on any atom is -0.454 e. The lowest BCUT2D eigenvalue weighted by atomic mass is 10.1. The highest BCUT2D eigenvalue weighted by Gasteiger charge is 2.16. The van der Waals surface area contributed by atoms with Gasteiger partial charge in [0.25, 0.3) is 5.91 Å². The number of amides is 1. The maximum absolute atomic E-state index is 12.3. The molecule has 1 aliphatic rings. The minimum absolute atomic E-state index is 0.173. The Kier molecular flexibility index (Phi) is 4.10. The summed E-state index contributed by atoms with van der Waals surface area (Å²) in [5.41, 5.74) is 5.65. The van der Waals surface area contributed by atoms with E-state index < -0.39 is 0 Å². The van der Waals surface area contributed by atoms with Crippen LogP contribution in [0.3, 0.4) is 0 Å². The summed E-state index contributed by atoms with van der Waals surface area (Å²) < 4.78 is 12.4. The van der Waals surface area contributed by atoms with Crippen molar-refractivity contribution in [1.82, 2.24) is 15.0 Å². The molecule has 0 bridgehead atoms. The standard InChI is InChI=1S/C19H16N4O3/c1-13(14-2-5-16(6-3-14)23-9-8-20-11-23)21-22-19(24)15-4-7-17-18(10-15)26-12-25-17/h2-11H,12H2,1H3,(H,22,24)/b21-13+. The molecular formula is C19H16N4O3. The van der Waals surface area contributed by atoms with Crippen LogP contribution in [0.1, 0.15) is 22.8 Å². The van der Waals surface area contributed by atoms with Crippen LogP contribution in [0, 0.1) is 0 Å². The van der Waals surface area contributed by atoms with Gasteiger partial charge in [-0.2, -0.15) is 5.10 Å². The summed E-state index contributed by atoms with van der Waals surface area (Å²) in [4.78, 5) is 16.3. The predicted molar refractivity (Wildman–Crippen MR) is 95.8 cm³/mol. The van der Waals surface area contributed by atoms with Crippen molar-refractivity contribution in [2.24, 2.45) is 5.10 Å². The summed E-state index contributed by atoms with van der Waals surface area (Å²) in [6.07, 6.45) is 5.34. The monoisotopic (exact) mass is 348 g/mol. The fourth-order valence-corrected chi connectivity index (χ4v) is 2.59. The zero-order valence-corrected chi connectivity index (χ0v) is 14.0. The van der Waals surface area contributed by atoms with Gasteiger partial charge in [-0.1, -0.05) is 12.1 Å². The summed E-state index contributed by atoms with van der Waals surface area (Å²) in [6.45, 7) is 2.01. The molecular weight excluding hydrogens is 332 g/mol. The average molecular weight is 348 g/mol. The van der Waals surface area contributed by atoms with Gasteiger partial charge in [0.15, 0.2) is 11.5 Å². The first-order valence-electron chi connectivity index (χ1n) is 8.04. The van der Waals surface area contributed by atoms with E-state index in [9.17, 15) is 4.79 Å². The number of imidazole rings is 1. The van der Waals surface area contributed by atoms with Gasteiger partial charge in [-0.05, 0) is 42.8 Å². The first-order chi connectivity index (χ1) is 12.7. The second-order valence-electron chi connectivity index (χ2n) is 5.72. The van der Waals surface area contributed by atoms with E-state index >= 15 is 0 Å². The number of fused-ring (bicyclic) bond motifs is 1. The molecule has 0 saturated carbocycles. The summed E-state index contributed by atoms with van der Waals surface area (Å²) >= 11 is 0. The summed E-state index contributed by atoms with van der Waals surface area (Å²) in [5.74, 6) is 0.894. The van der Waals surface area contributed by atoms with Crippen molar-refractivity contribution < 1.29 is 14.3 Å². The third-order valence-electron chi connectivity index (χ3n) is 4.05. The molecule has 2 heterocycles. The molecule has 7 heteroatoms.